The van der Waals surface area contributed by atoms with Crippen LogP contribution in [0.3, 0.4) is 0 Å². The van der Waals surface area contributed by atoms with Gasteiger partial charge in [0, 0.05) is 11.6 Å². The lowest BCUT2D eigenvalue weighted by atomic mass is 9.89. The molecule has 1 aromatic rings. The molecule has 2 amide bonds. The molecule has 10 heteroatoms. The van der Waals surface area contributed by atoms with Crippen LogP contribution in [0.4, 0.5) is 5.69 Å². The Kier molecular flexibility index (Phi) is 7.31. The summed E-state index contributed by atoms with van der Waals surface area (Å²) in [5.74, 6) is -1.52. The van der Waals surface area contributed by atoms with Gasteiger partial charge in [0.25, 0.3) is 5.91 Å². The zero-order valence-electron chi connectivity index (χ0n) is 14.8. The number of benzene rings is 1. The first-order valence-electron chi connectivity index (χ1n) is 8.62. The van der Waals surface area contributed by atoms with E-state index in [1.54, 1.807) is 0 Å². The highest BCUT2D eigenvalue weighted by Crippen LogP contribution is 2.23. The lowest BCUT2D eigenvalue weighted by Crippen LogP contribution is -2.36. The quantitative estimate of drug-likeness (QED) is 0.572. The zero-order chi connectivity index (χ0) is 19.9. The molecule has 9 nitrogen and oxygen atoms in total. The van der Waals surface area contributed by atoms with Crippen molar-refractivity contribution in [3.63, 3.8) is 0 Å². The molecule has 0 heterocycles. The highest BCUT2D eigenvalue weighted by atomic mass is 32.2. The van der Waals surface area contributed by atoms with E-state index in [1.165, 1.54) is 24.3 Å². The second-order valence-electron chi connectivity index (χ2n) is 6.33. The number of sulfonamides is 1. The summed E-state index contributed by atoms with van der Waals surface area (Å²) >= 11 is 0. The third-order valence-corrected chi connectivity index (χ3v) is 5.14. The molecule has 4 N–H and O–H groups in total. The third kappa shape index (κ3) is 6.99. The summed E-state index contributed by atoms with van der Waals surface area (Å²) in [7, 11) is -3.81. The number of ether oxygens (including phenoxy) is 1. The van der Waals surface area contributed by atoms with Gasteiger partial charge >= 0.3 is 5.97 Å². The number of carbonyl (C=O) groups excluding carboxylic acids is 3. The monoisotopic (exact) mass is 397 g/mol. The minimum absolute atomic E-state index is 0.0600. The Morgan fingerprint density at radius 3 is 2.30 bits per heavy atom. The van der Waals surface area contributed by atoms with Gasteiger partial charge in [-0.3, -0.25) is 14.4 Å². The molecule has 0 spiro atoms. The standard InChI is InChI=1S/C17H23N3O6S/c18-27(24,25)14-8-6-13(7-9-14)20-15(21)11-26-16(22)10-19-17(23)12-4-2-1-3-5-12/h6-9,12H,1-5,10-11H2,(H,19,23)(H,20,21)(H2,18,24,25). The minimum atomic E-state index is -3.81. The topological polar surface area (TPSA) is 145 Å². The molecule has 1 aliphatic rings. The number of carbonyl (C=O) groups is 3. The van der Waals surface area contributed by atoms with Crippen molar-refractivity contribution in [1.29, 1.82) is 0 Å². The van der Waals surface area contributed by atoms with Gasteiger partial charge in [-0.05, 0) is 37.1 Å². The second kappa shape index (κ2) is 9.47. The first kappa shape index (κ1) is 20.8. The zero-order valence-corrected chi connectivity index (χ0v) is 15.6. The Morgan fingerprint density at radius 1 is 1.07 bits per heavy atom. The van der Waals surface area contributed by atoms with Crippen LogP contribution in [0.15, 0.2) is 29.2 Å². The van der Waals surface area contributed by atoms with E-state index in [0.717, 1.165) is 32.1 Å². The number of rotatable bonds is 7. The smallest absolute Gasteiger partial charge is 0.325 e. The Balaban J connectivity index is 1.70. The lowest BCUT2D eigenvalue weighted by molar-refractivity contribution is -0.147. The van der Waals surface area contributed by atoms with Crippen molar-refractivity contribution in [1.82, 2.24) is 5.32 Å². The van der Waals surface area contributed by atoms with Crippen molar-refractivity contribution < 1.29 is 27.5 Å². The number of hydrogen-bond donors (Lipinski definition) is 3. The summed E-state index contributed by atoms with van der Waals surface area (Å²) in [4.78, 5) is 35.3. The van der Waals surface area contributed by atoms with Crippen LogP contribution in [-0.4, -0.2) is 39.4 Å². The number of amides is 2. The van der Waals surface area contributed by atoms with E-state index in [2.05, 4.69) is 10.6 Å². The number of esters is 1. The van der Waals surface area contributed by atoms with E-state index in [9.17, 15) is 22.8 Å². The van der Waals surface area contributed by atoms with Gasteiger partial charge in [0.05, 0.1) is 4.90 Å². The van der Waals surface area contributed by atoms with Gasteiger partial charge < -0.3 is 15.4 Å². The molecule has 0 bridgehead atoms. The van der Waals surface area contributed by atoms with Gasteiger partial charge in [0.15, 0.2) is 6.61 Å². The van der Waals surface area contributed by atoms with Gasteiger partial charge in [-0.1, -0.05) is 19.3 Å². The van der Waals surface area contributed by atoms with Crippen LogP contribution in [0.1, 0.15) is 32.1 Å². The minimum Gasteiger partial charge on any atom is -0.454 e. The fourth-order valence-corrected chi connectivity index (χ4v) is 3.31. The molecule has 1 aromatic carbocycles. The van der Waals surface area contributed by atoms with Crippen LogP contribution in [0.5, 0.6) is 0 Å². The van der Waals surface area contributed by atoms with Gasteiger partial charge in [0.2, 0.25) is 15.9 Å². The average Bonchev–Trinajstić information content (AvgIpc) is 2.65. The van der Waals surface area contributed by atoms with E-state index in [1.807, 2.05) is 0 Å². The van der Waals surface area contributed by atoms with Crippen LogP contribution in [0.25, 0.3) is 0 Å². The number of nitrogens with one attached hydrogen (secondary N) is 2. The van der Waals surface area contributed by atoms with Crippen LogP contribution < -0.4 is 15.8 Å². The first-order valence-corrected chi connectivity index (χ1v) is 10.2. The number of nitrogens with two attached hydrogens (primary N) is 1. The van der Waals surface area contributed by atoms with Crippen molar-refractivity contribution in [2.75, 3.05) is 18.5 Å². The Morgan fingerprint density at radius 2 is 1.70 bits per heavy atom. The molecule has 27 heavy (non-hydrogen) atoms. The molecular weight excluding hydrogens is 374 g/mol. The van der Waals surface area contributed by atoms with E-state index in [-0.39, 0.29) is 23.3 Å². The van der Waals surface area contributed by atoms with Crippen LogP contribution >= 0.6 is 0 Å². The Bertz CT molecular complexity index is 785. The summed E-state index contributed by atoms with van der Waals surface area (Å²) < 4.78 is 27.1. The van der Waals surface area contributed by atoms with Crippen molar-refractivity contribution in [2.24, 2.45) is 11.1 Å². The molecule has 0 atom stereocenters. The maximum atomic E-state index is 11.9. The largest absolute Gasteiger partial charge is 0.454 e. The molecule has 0 saturated heterocycles. The van der Waals surface area contributed by atoms with E-state index >= 15 is 0 Å². The Hall–Kier alpha value is -2.46. The lowest BCUT2D eigenvalue weighted by Gasteiger charge is -2.20. The fourth-order valence-electron chi connectivity index (χ4n) is 2.79. The van der Waals surface area contributed by atoms with Crippen molar-refractivity contribution >= 4 is 33.5 Å². The maximum Gasteiger partial charge on any atom is 0.325 e. The van der Waals surface area contributed by atoms with E-state index in [4.69, 9.17) is 9.88 Å². The Labute approximate surface area is 157 Å². The summed E-state index contributed by atoms with van der Waals surface area (Å²) in [5, 5.41) is 9.97. The van der Waals surface area contributed by atoms with Crippen LogP contribution in [0.2, 0.25) is 0 Å². The average molecular weight is 397 g/mol. The molecular formula is C17H23N3O6S. The molecule has 0 unspecified atom stereocenters. The molecule has 1 fully saturated rings. The normalized spacial score (nSPS) is 15.0. The first-order chi connectivity index (χ1) is 12.8. The molecule has 1 saturated carbocycles. The number of primary sulfonamides is 1. The molecule has 2 rings (SSSR count). The van der Waals surface area contributed by atoms with Crippen molar-refractivity contribution in [2.45, 2.75) is 37.0 Å². The molecule has 148 valence electrons. The van der Waals surface area contributed by atoms with Gasteiger partial charge in [-0.15, -0.1) is 0 Å². The maximum absolute atomic E-state index is 11.9. The molecule has 0 aliphatic heterocycles. The fraction of sp³-hybridized carbons (Fsp3) is 0.471. The number of hydrogen-bond acceptors (Lipinski definition) is 6. The highest BCUT2D eigenvalue weighted by Gasteiger charge is 2.21. The summed E-state index contributed by atoms with van der Waals surface area (Å²) in [6.45, 7) is -0.805. The SMILES string of the molecule is NS(=O)(=O)c1ccc(NC(=O)COC(=O)CNC(=O)C2CCCCC2)cc1. The van der Waals surface area contributed by atoms with Gasteiger partial charge in [-0.2, -0.15) is 0 Å². The second-order valence-corrected chi connectivity index (χ2v) is 7.89. The van der Waals surface area contributed by atoms with Crippen molar-refractivity contribution in [3.05, 3.63) is 24.3 Å². The predicted molar refractivity (Wildman–Crippen MR) is 97.0 cm³/mol. The predicted octanol–water partition coefficient (Wildman–Crippen LogP) is 0.512. The van der Waals surface area contributed by atoms with Crippen LogP contribution in [0, 0.1) is 5.92 Å². The summed E-state index contributed by atoms with van der Waals surface area (Å²) in [5.41, 5.74) is 0.328. The molecule has 0 radical (unpaired) electrons. The summed E-state index contributed by atoms with van der Waals surface area (Å²) in [6.07, 6.45) is 4.81. The van der Waals surface area contributed by atoms with Crippen molar-refractivity contribution in [3.8, 4) is 0 Å². The van der Waals surface area contributed by atoms with E-state index in [0.29, 0.717) is 5.69 Å². The third-order valence-electron chi connectivity index (χ3n) is 4.21. The van der Waals surface area contributed by atoms with Crippen LogP contribution in [-0.2, 0) is 29.1 Å². The summed E-state index contributed by atoms with van der Waals surface area (Å²) in [6, 6.07) is 5.23. The number of anilines is 1. The van der Waals surface area contributed by atoms with Gasteiger partial charge in [0.1, 0.15) is 6.54 Å². The highest BCUT2D eigenvalue weighted by molar-refractivity contribution is 7.89. The van der Waals surface area contributed by atoms with Gasteiger partial charge in [-0.25, -0.2) is 13.6 Å². The molecule has 0 aromatic heterocycles. The van der Waals surface area contributed by atoms with E-state index < -0.39 is 28.5 Å². The molecule has 1 aliphatic carbocycles.